The summed E-state index contributed by atoms with van der Waals surface area (Å²) in [6.45, 7) is 3.20. The molecule has 3 unspecified atom stereocenters. The Balaban J connectivity index is 1.75. The molecule has 1 aromatic rings. The topological polar surface area (TPSA) is 97.1 Å². The number of carboxylic acid groups (broad SMARTS) is 1. The lowest BCUT2D eigenvalue weighted by atomic mass is 9.95. The Labute approximate surface area is 117 Å². The van der Waals surface area contributed by atoms with E-state index in [1.165, 1.54) is 0 Å². The van der Waals surface area contributed by atoms with Crippen LogP contribution in [0.2, 0.25) is 0 Å². The molecule has 0 spiro atoms. The van der Waals surface area contributed by atoms with Crippen LogP contribution < -0.4 is 5.32 Å². The largest absolute Gasteiger partial charge is 0.481 e. The van der Waals surface area contributed by atoms with E-state index in [0.29, 0.717) is 31.8 Å². The highest BCUT2D eigenvalue weighted by molar-refractivity contribution is 5.85. The zero-order valence-corrected chi connectivity index (χ0v) is 11.5. The summed E-state index contributed by atoms with van der Waals surface area (Å²) in [6.07, 6.45) is 5.37. The minimum Gasteiger partial charge on any atom is -0.481 e. The molecule has 0 saturated heterocycles. The molecule has 2 N–H and O–H groups in total. The van der Waals surface area contributed by atoms with E-state index in [2.05, 4.69) is 15.6 Å². The summed E-state index contributed by atoms with van der Waals surface area (Å²) in [5, 5.41) is 19.5. The van der Waals surface area contributed by atoms with Crippen LogP contribution in [-0.2, 0) is 16.1 Å². The van der Waals surface area contributed by atoms with E-state index < -0.39 is 17.8 Å². The van der Waals surface area contributed by atoms with Crippen LogP contribution in [0.25, 0.3) is 0 Å². The number of aryl methyl sites for hydroxylation is 1. The van der Waals surface area contributed by atoms with E-state index in [1.807, 2.05) is 6.92 Å². The van der Waals surface area contributed by atoms with E-state index in [4.69, 9.17) is 5.11 Å². The summed E-state index contributed by atoms with van der Waals surface area (Å²) < 4.78 is 1.70. The van der Waals surface area contributed by atoms with Gasteiger partial charge in [0.15, 0.2) is 0 Å². The quantitative estimate of drug-likeness (QED) is 0.741. The lowest BCUT2D eigenvalue weighted by Gasteiger charge is -2.15. The van der Waals surface area contributed by atoms with E-state index in [1.54, 1.807) is 17.1 Å². The average Bonchev–Trinajstić information content (AvgIpc) is 3.03. The maximum atomic E-state index is 12.1. The van der Waals surface area contributed by atoms with Gasteiger partial charge in [-0.1, -0.05) is 12.1 Å². The van der Waals surface area contributed by atoms with Gasteiger partial charge in [-0.3, -0.25) is 14.3 Å². The van der Waals surface area contributed by atoms with E-state index in [9.17, 15) is 9.59 Å². The maximum absolute atomic E-state index is 12.1. The van der Waals surface area contributed by atoms with Crippen LogP contribution in [-0.4, -0.2) is 38.5 Å². The highest BCUT2D eigenvalue weighted by atomic mass is 16.4. The predicted octanol–water partition coefficient (Wildman–Crippen LogP) is 0.531. The first-order valence-corrected chi connectivity index (χ1v) is 6.92. The van der Waals surface area contributed by atoms with Gasteiger partial charge in [-0.25, -0.2) is 0 Å². The van der Waals surface area contributed by atoms with Crippen molar-refractivity contribution in [2.24, 2.45) is 17.8 Å². The van der Waals surface area contributed by atoms with Crippen LogP contribution in [0, 0.1) is 17.8 Å². The van der Waals surface area contributed by atoms with Gasteiger partial charge >= 0.3 is 5.97 Å². The molecule has 3 atom stereocenters. The van der Waals surface area contributed by atoms with Crippen molar-refractivity contribution in [1.82, 2.24) is 20.3 Å². The smallest absolute Gasteiger partial charge is 0.307 e. The van der Waals surface area contributed by atoms with Crippen molar-refractivity contribution in [2.45, 2.75) is 32.7 Å². The van der Waals surface area contributed by atoms with Crippen molar-refractivity contribution in [3.63, 3.8) is 0 Å². The number of aliphatic carboxylic acids is 1. The van der Waals surface area contributed by atoms with E-state index in [-0.39, 0.29) is 5.91 Å². The van der Waals surface area contributed by atoms with Crippen molar-refractivity contribution >= 4 is 11.9 Å². The molecule has 7 heteroatoms. The molecule has 1 aromatic heterocycles. The summed E-state index contributed by atoms with van der Waals surface area (Å²) in [4.78, 5) is 23.2. The fourth-order valence-electron chi connectivity index (χ4n) is 2.79. The third kappa shape index (κ3) is 3.55. The van der Waals surface area contributed by atoms with Crippen molar-refractivity contribution < 1.29 is 14.7 Å². The van der Waals surface area contributed by atoms with Gasteiger partial charge in [0.1, 0.15) is 0 Å². The number of carbonyl (C=O) groups excluding carboxylic acids is 1. The average molecular weight is 280 g/mol. The Bertz CT molecular complexity index is 460. The number of nitrogens with zero attached hydrogens (tertiary/aromatic N) is 3. The fraction of sp³-hybridized carbons (Fsp3) is 0.692. The van der Waals surface area contributed by atoms with Gasteiger partial charge in [0.05, 0.1) is 18.0 Å². The first kappa shape index (κ1) is 14.5. The highest BCUT2D eigenvalue weighted by Crippen LogP contribution is 2.36. The van der Waals surface area contributed by atoms with Crippen molar-refractivity contribution in [3.8, 4) is 0 Å². The third-order valence-electron chi connectivity index (χ3n) is 3.79. The minimum atomic E-state index is -0.864. The van der Waals surface area contributed by atoms with Gasteiger partial charge in [-0.2, -0.15) is 0 Å². The molecule has 1 heterocycles. The first-order chi connectivity index (χ1) is 9.58. The molecular formula is C13H20N4O3. The molecule has 1 fully saturated rings. The van der Waals surface area contributed by atoms with Gasteiger partial charge in [0, 0.05) is 19.3 Å². The lowest BCUT2D eigenvalue weighted by Crippen LogP contribution is -2.36. The summed E-state index contributed by atoms with van der Waals surface area (Å²) in [5.74, 6) is -1.64. The van der Waals surface area contributed by atoms with Crippen LogP contribution in [0.15, 0.2) is 12.4 Å². The Morgan fingerprint density at radius 2 is 2.15 bits per heavy atom. The van der Waals surface area contributed by atoms with Gasteiger partial charge in [-0.05, 0) is 25.2 Å². The molecule has 0 aliphatic heterocycles. The number of hydrogen-bond acceptors (Lipinski definition) is 4. The molecule has 0 radical (unpaired) electrons. The Kier molecular flexibility index (Phi) is 4.70. The molecule has 1 amide bonds. The molecule has 0 bridgehead atoms. The molecule has 20 heavy (non-hydrogen) atoms. The molecule has 1 aliphatic carbocycles. The molecule has 7 nitrogen and oxygen atoms in total. The molecule has 1 saturated carbocycles. The second kappa shape index (κ2) is 6.49. The standard InChI is InChI=1S/C13H20N4O3/c1-9-7-10(11(8-9)13(19)20)12(18)14-3-2-5-17-6-4-15-16-17/h4,6,9-11H,2-3,5,7-8H2,1H3,(H,14,18)(H,19,20). The predicted molar refractivity (Wildman–Crippen MR) is 70.7 cm³/mol. The summed E-state index contributed by atoms with van der Waals surface area (Å²) in [5.41, 5.74) is 0. The van der Waals surface area contributed by atoms with Crippen LogP contribution >= 0.6 is 0 Å². The molecule has 0 aromatic carbocycles. The number of nitrogens with one attached hydrogen (secondary N) is 1. The number of hydrogen-bond donors (Lipinski definition) is 2. The monoisotopic (exact) mass is 280 g/mol. The lowest BCUT2D eigenvalue weighted by molar-refractivity contribution is -0.146. The maximum Gasteiger partial charge on any atom is 0.307 e. The van der Waals surface area contributed by atoms with Crippen molar-refractivity contribution in [3.05, 3.63) is 12.4 Å². The number of carbonyl (C=O) groups is 2. The van der Waals surface area contributed by atoms with Crippen molar-refractivity contribution in [2.75, 3.05) is 6.54 Å². The Morgan fingerprint density at radius 3 is 2.80 bits per heavy atom. The van der Waals surface area contributed by atoms with Gasteiger partial charge in [0.25, 0.3) is 0 Å². The van der Waals surface area contributed by atoms with Gasteiger partial charge in [0.2, 0.25) is 5.91 Å². The Morgan fingerprint density at radius 1 is 1.40 bits per heavy atom. The van der Waals surface area contributed by atoms with Crippen LogP contribution in [0.4, 0.5) is 0 Å². The molecular weight excluding hydrogens is 260 g/mol. The first-order valence-electron chi connectivity index (χ1n) is 6.92. The van der Waals surface area contributed by atoms with Gasteiger partial charge in [-0.15, -0.1) is 5.10 Å². The van der Waals surface area contributed by atoms with Crippen molar-refractivity contribution in [1.29, 1.82) is 0 Å². The van der Waals surface area contributed by atoms with Crippen LogP contribution in [0.5, 0.6) is 0 Å². The van der Waals surface area contributed by atoms with E-state index >= 15 is 0 Å². The zero-order chi connectivity index (χ0) is 14.5. The fourth-order valence-corrected chi connectivity index (χ4v) is 2.79. The minimum absolute atomic E-state index is 0.139. The summed E-state index contributed by atoms with van der Waals surface area (Å²) in [6, 6.07) is 0. The number of aromatic nitrogens is 3. The SMILES string of the molecule is CC1CC(C(=O)O)C(C(=O)NCCCn2ccnn2)C1. The Hall–Kier alpha value is -1.92. The van der Waals surface area contributed by atoms with Gasteiger partial charge < -0.3 is 10.4 Å². The zero-order valence-electron chi connectivity index (χ0n) is 11.5. The number of carboxylic acids is 1. The second-order valence-corrected chi connectivity index (χ2v) is 5.44. The summed E-state index contributed by atoms with van der Waals surface area (Å²) in [7, 11) is 0. The van der Waals surface area contributed by atoms with Crippen LogP contribution in [0.3, 0.4) is 0 Å². The normalized spacial score (nSPS) is 25.6. The molecule has 110 valence electrons. The second-order valence-electron chi connectivity index (χ2n) is 5.44. The highest BCUT2D eigenvalue weighted by Gasteiger charge is 2.40. The third-order valence-corrected chi connectivity index (χ3v) is 3.79. The number of rotatable bonds is 6. The molecule has 2 rings (SSSR count). The molecule has 1 aliphatic rings. The van der Waals surface area contributed by atoms with Crippen LogP contribution in [0.1, 0.15) is 26.2 Å². The number of amides is 1. The summed E-state index contributed by atoms with van der Waals surface area (Å²) >= 11 is 0. The van der Waals surface area contributed by atoms with E-state index in [0.717, 1.165) is 6.42 Å².